The number of hydrogen-bond donors (Lipinski definition) is 1. The molecule has 0 aromatic heterocycles. The van der Waals surface area contributed by atoms with E-state index in [0.29, 0.717) is 18.8 Å². The minimum Gasteiger partial charge on any atom is -0.393 e. The van der Waals surface area contributed by atoms with Crippen LogP contribution in [-0.2, 0) is 12.6 Å². The van der Waals surface area contributed by atoms with Crippen molar-refractivity contribution in [1.29, 1.82) is 0 Å². The highest BCUT2D eigenvalue weighted by Crippen LogP contribution is 2.29. The number of hydrogen-bond acceptors (Lipinski definition) is 1. The van der Waals surface area contributed by atoms with Crippen molar-refractivity contribution in [3.63, 3.8) is 0 Å². The lowest BCUT2D eigenvalue weighted by atomic mass is 9.95. The third-order valence-corrected chi connectivity index (χ3v) is 3.21. The van der Waals surface area contributed by atoms with Gasteiger partial charge in [0.2, 0.25) is 0 Å². The van der Waals surface area contributed by atoms with Crippen molar-refractivity contribution in [2.75, 3.05) is 0 Å². The first-order valence-electron chi connectivity index (χ1n) is 6.67. The van der Waals surface area contributed by atoms with Gasteiger partial charge in [-0.15, -0.1) is 0 Å². The summed E-state index contributed by atoms with van der Waals surface area (Å²) < 4.78 is 37.2. The smallest absolute Gasteiger partial charge is 0.393 e. The second-order valence-corrected chi connectivity index (χ2v) is 5.18. The summed E-state index contributed by atoms with van der Waals surface area (Å²) in [5, 5.41) is 9.91. The zero-order valence-electron chi connectivity index (χ0n) is 11.4. The Morgan fingerprint density at radius 2 is 1.74 bits per heavy atom. The first-order valence-corrected chi connectivity index (χ1v) is 6.67. The van der Waals surface area contributed by atoms with E-state index in [1.54, 1.807) is 0 Å². The van der Waals surface area contributed by atoms with E-state index in [1.807, 2.05) is 0 Å². The van der Waals surface area contributed by atoms with E-state index in [0.717, 1.165) is 30.5 Å². The molecule has 1 aromatic carbocycles. The summed E-state index contributed by atoms with van der Waals surface area (Å²) >= 11 is 0. The van der Waals surface area contributed by atoms with Gasteiger partial charge in [0.15, 0.2) is 0 Å². The van der Waals surface area contributed by atoms with Gasteiger partial charge < -0.3 is 5.11 Å². The molecule has 0 radical (unpaired) electrons. The average molecular weight is 274 g/mol. The summed E-state index contributed by atoms with van der Waals surface area (Å²) in [6, 6.07) is 5.02. The quantitative estimate of drug-likeness (QED) is 0.813. The van der Waals surface area contributed by atoms with Gasteiger partial charge >= 0.3 is 6.18 Å². The second-order valence-electron chi connectivity index (χ2n) is 5.18. The molecule has 0 aliphatic heterocycles. The maximum Gasteiger partial charge on any atom is 0.416 e. The van der Waals surface area contributed by atoms with Crippen LogP contribution in [0.3, 0.4) is 0 Å². The minimum atomic E-state index is -4.30. The molecule has 2 unspecified atom stereocenters. The summed E-state index contributed by atoms with van der Waals surface area (Å²) in [6.07, 6.45) is -1.55. The number of benzene rings is 1. The number of aliphatic hydroxyl groups is 1. The van der Waals surface area contributed by atoms with E-state index in [-0.39, 0.29) is 0 Å². The molecule has 19 heavy (non-hydrogen) atoms. The van der Waals surface area contributed by atoms with Crippen molar-refractivity contribution in [2.45, 2.75) is 51.8 Å². The first kappa shape index (κ1) is 16.0. The average Bonchev–Trinajstić information content (AvgIpc) is 2.28. The molecule has 0 spiro atoms. The molecule has 108 valence electrons. The van der Waals surface area contributed by atoms with Gasteiger partial charge in [-0.1, -0.05) is 38.8 Å². The summed E-state index contributed by atoms with van der Waals surface area (Å²) in [5.74, 6) is 0.439. The molecule has 0 saturated carbocycles. The number of rotatable bonds is 6. The maximum atomic E-state index is 12.4. The summed E-state index contributed by atoms with van der Waals surface area (Å²) in [6.45, 7) is 4.18. The van der Waals surface area contributed by atoms with Crippen LogP contribution in [0.4, 0.5) is 13.2 Å². The normalized spacial score (nSPS) is 15.3. The van der Waals surface area contributed by atoms with Crippen LogP contribution in [-0.4, -0.2) is 11.2 Å². The third kappa shape index (κ3) is 5.64. The highest BCUT2D eigenvalue weighted by atomic mass is 19.4. The monoisotopic (exact) mass is 274 g/mol. The van der Waals surface area contributed by atoms with E-state index in [1.165, 1.54) is 12.1 Å². The number of aliphatic hydroxyl groups excluding tert-OH is 1. The Labute approximate surface area is 112 Å². The van der Waals surface area contributed by atoms with Crippen LogP contribution in [0.2, 0.25) is 0 Å². The molecule has 1 aromatic rings. The van der Waals surface area contributed by atoms with Gasteiger partial charge in [-0.3, -0.25) is 0 Å². The molecule has 2 atom stereocenters. The zero-order chi connectivity index (χ0) is 14.5. The van der Waals surface area contributed by atoms with Gasteiger partial charge in [-0.05, 0) is 36.5 Å². The standard InChI is InChI=1S/C15H21F3O/c1-3-4-11(2)9-14(19)10-12-5-7-13(8-6-12)15(16,17)18/h5-8,11,14,19H,3-4,9-10H2,1-2H3. The van der Waals surface area contributed by atoms with Crippen LogP contribution < -0.4 is 0 Å². The molecular weight excluding hydrogens is 253 g/mol. The highest BCUT2D eigenvalue weighted by molar-refractivity contribution is 5.25. The first-order chi connectivity index (χ1) is 8.82. The van der Waals surface area contributed by atoms with Crippen LogP contribution in [0.5, 0.6) is 0 Å². The SMILES string of the molecule is CCCC(C)CC(O)Cc1ccc(C(F)(F)F)cc1. The summed E-state index contributed by atoms with van der Waals surface area (Å²) in [7, 11) is 0. The summed E-state index contributed by atoms with van der Waals surface area (Å²) in [4.78, 5) is 0. The lowest BCUT2D eigenvalue weighted by Gasteiger charge is -2.16. The fourth-order valence-corrected chi connectivity index (χ4v) is 2.26. The molecule has 0 aliphatic carbocycles. The van der Waals surface area contributed by atoms with E-state index in [2.05, 4.69) is 13.8 Å². The second kappa shape index (κ2) is 6.94. The van der Waals surface area contributed by atoms with E-state index in [9.17, 15) is 18.3 Å². The molecule has 1 rings (SSSR count). The number of alkyl halides is 3. The van der Waals surface area contributed by atoms with Crippen LogP contribution in [0.15, 0.2) is 24.3 Å². The lowest BCUT2D eigenvalue weighted by molar-refractivity contribution is -0.137. The zero-order valence-corrected chi connectivity index (χ0v) is 11.4. The van der Waals surface area contributed by atoms with Gasteiger partial charge in [0, 0.05) is 0 Å². The van der Waals surface area contributed by atoms with Crippen molar-refractivity contribution in [2.24, 2.45) is 5.92 Å². The van der Waals surface area contributed by atoms with Crippen molar-refractivity contribution in [3.05, 3.63) is 35.4 Å². The van der Waals surface area contributed by atoms with Crippen molar-refractivity contribution in [1.82, 2.24) is 0 Å². The molecule has 1 nitrogen and oxygen atoms in total. The molecule has 0 amide bonds. The topological polar surface area (TPSA) is 20.2 Å². The fraction of sp³-hybridized carbons (Fsp3) is 0.600. The van der Waals surface area contributed by atoms with Gasteiger partial charge in [-0.25, -0.2) is 0 Å². The predicted octanol–water partition coefficient (Wildman–Crippen LogP) is 4.44. The molecule has 1 N–H and O–H groups in total. The Kier molecular flexibility index (Phi) is 5.85. The van der Waals surface area contributed by atoms with Crippen LogP contribution in [0.25, 0.3) is 0 Å². The molecule has 0 saturated heterocycles. The minimum absolute atomic E-state index is 0.409. The molecule has 0 aliphatic rings. The van der Waals surface area contributed by atoms with E-state index >= 15 is 0 Å². The Balaban J connectivity index is 2.53. The Bertz CT molecular complexity index is 370. The van der Waals surface area contributed by atoms with Gasteiger partial charge in [0.25, 0.3) is 0 Å². The predicted molar refractivity (Wildman–Crippen MR) is 69.8 cm³/mol. The van der Waals surface area contributed by atoms with Crippen LogP contribution >= 0.6 is 0 Å². The van der Waals surface area contributed by atoms with Crippen molar-refractivity contribution in [3.8, 4) is 0 Å². The number of halogens is 3. The van der Waals surface area contributed by atoms with Crippen molar-refractivity contribution >= 4 is 0 Å². The molecule has 0 fully saturated rings. The molecule has 0 heterocycles. The molecule has 4 heteroatoms. The van der Waals surface area contributed by atoms with Gasteiger partial charge in [0.05, 0.1) is 11.7 Å². The summed E-state index contributed by atoms with van der Waals surface area (Å²) in [5.41, 5.74) is 0.0919. The highest BCUT2D eigenvalue weighted by Gasteiger charge is 2.29. The van der Waals surface area contributed by atoms with Crippen LogP contribution in [0, 0.1) is 5.92 Å². The Morgan fingerprint density at radius 3 is 2.21 bits per heavy atom. The third-order valence-electron chi connectivity index (χ3n) is 3.21. The van der Waals surface area contributed by atoms with Crippen molar-refractivity contribution < 1.29 is 18.3 Å². The maximum absolute atomic E-state index is 12.4. The lowest BCUT2D eigenvalue weighted by Crippen LogP contribution is -2.15. The van der Waals surface area contributed by atoms with E-state index in [4.69, 9.17) is 0 Å². The Morgan fingerprint density at radius 1 is 1.16 bits per heavy atom. The fourth-order valence-electron chi connectivity index (χ4n) is 2.26. The van der Waals surface area contributed by atoms with E-state index < -0.39 is 17.8 Å². The van der Waals surface area contributed by atoms with Crippen LogP contribution in [0.1, 0.15) is 44.2 Å². The van der Waals surface area contributed by atoms with Gasteiger partial charge in [-0.2, -0.15) is 13.2 Å². The Hall–Kier alpha value is -1.03. The largest absolute Gasteiger partial charge is 0.416 e. The molecule has 0 bridgehead atoms. The molecular formula is C15H21F3O. The van der Waals surface area contributed by atoms with Gasteiger partial charge in [0.1, 0.15) is 0 Å².